The molecule has 2 unspecified atom stereocenters. The van der Waals surface area contributed by atoms with Crippen molar-refractivity contribution < 1.29 is 4.79 Å². The maximum atomic E-state index is 13.0. The summed E-state index contributed by atoms with van der Waals surface area (Å²) in [6.07, 6.45) is 3.75. The Balaban J connectivity index is 1.91. The first kappa shape index (κ1) is 17.9. The van der Waals surface area contributed by atoms with E-state index >= 15 is 0 Å². The summed E-state index contributed by atoms with van der Waals surface area (Å²) >= 11 is 5.97. The van der Waals surface area contributed by atoms with Crippen molar-refractivity contribution in [2.24, 2.45) is 5.92 Å². The van der Waals surface area contributed by atoms with Crippen LogP contribution >= 0.6 is 11.6 Å². The molecule has 2 aromatic rings. The molecular weight excluding hydrogens is 330 g/mol. The predicted octanol–water partition coefficient (Wildman–Crippen LogP) is 5.05. The molecule has 1 aliphatic carbocycles. The maximum absolute atomic E-state index is 13.0. The van der Waals surface area contributed by atoms with Crippen molar-refractivity contribution in [3.8, 4) is 0 Å². The molecule has 0 radical (unpaired) electrons. The lowest BCUT2D eigenvalue weighted by Gasteiger charge is -2.32. The van der Waals surface area contributed by atoms with Crippen molar-refractivity contribution in [2.75, 3.05) is 20.6 Å². The molecule has 3 rings (SSSR count). The van der Waals surface area contributed by atoms with Gasteiger partial charge in [-0.25, -0.2) is 0 Å². The first-order valence-corrected chi connectivity index (χ1v) is 9.11. The molecule has 3 heteroatoms. The predicted molar refractivity (Wildman–Crippen MR) is 105 cm³/mol. The number of nitrogens with zero attached hydrogens (tertiary/aromatic N) is 1. The van der Waals surface area contributed by atoms with Gasteiger partial charge in [-0.2, -0.15) is 0 Å². The van der Waals surface area contributed by atoms with E-state index in [2.05, 4.69) is 29.2 Å². The van der Waals surface area contributed by atoms with Crippen molar-refractivity contribution in [1.82, 2.24) is 4.90 Å². The molecule has 0 amide bonds. The first-order valence-electron chi connectivity index (χ1n) is 8.73. The van der Waals surface area contributed by atoms with E-state index in [4.69, 9.17) is 11.6 Å². The minimum Gasteiger partial charge on any atom is -0.309 e. The van der Waals surface area contributed by atoms with Crippen LogP contribution in [0.15, 0.2) is 60.2 Å². The topological polar surface area (TPSA) is 20.3 Å². The van der Waals surface area contributed by atoms with Crippen molar-refractivity contribution >= 4 is 23.5 Å². The Hall–Kier alpha value is -1.90. The molecule has 0 N–H and O–H groups in total. The van der Waals surface area contributed by atoms with E-state index in [9.17, 15) is 4.79 Å². The molecule has 0 saturated heterocycles. The summed E-state index contributed by atoms with van der Waals surface area (Å²) in [5.74, 6) is 0.728. The number of carbonyl (C=O) groups excluding carboxylic acids is 1. The normalized spacial score (nSPS) is 22.6. The van der Waals surface area contributed by atoms with Crippen LogP contribution in [0.2, 0.25) is 5.02 Å². The van der Waals surface area contributed by atoms with Crippen molar-refractivity contribution in [3.63, 3.8) is 0 Å². The number of hydrogen-bond acceptors (Lipinski definition) is 2. The average Bonchev–Trinajstić information content (AvgIpc) is 2.60. The van der Waals surface area contributed by atoms with Crippen LogP contribution in [0, 0.1) is 5.92 Å². The molecule has 0 bridgehead atoms. The third-order valence-corrected chi connectivity index (χ3v) is 5.04. The number of allylic oxidation sites excluding steroid dienone is 1. The fourth-order valence-corrected chi connectivity index (χ4v) is 3.76. The number of rotatable bonds is 4. The first-order chi connectivity index (χ1) is 12.0. The van der Waals surface area contributed by atoms with Gasteiger partial charge in [-0.3, -0.25) is 4.79 Å². The Bertz CT molecular complexity index is 749. The monoisotopic (exact) mass is 353 g/mol. The van der Waals surface area contributed by atoms with E-state index in [0.717, 1.165) is 30.5 Å². The molecule has 130 valence electrons. The van der Waals surface area contributed by atoms with E-state index in [-0.39, 0.29) is 11.7 Å². The highest BCUT2D eigenvalue weighted by Gasteiger charge is 2.33. The summed E-state index contributed by atoms with van der Waals surface area (Å²) in [4.78, 5) is 15.1. The number of ketones is 1. The van der Waals surface area contributed by atoms with Gasteiger partial charge in [0.2, 0.25) is 0 Å². The van der Waals surface area contributed by atoms with Crippen LogP contribution in [0.1, 0.15) is 29.9 Å². The lowest BCUT2D eigenvalue weighted by molar-refractivity contribution is -0.121. The summed E-state index contributed by atoms with van der Waals surface area (Å²) in [7, 11) is 4.06. The third-order valence-electron chi connectivity index (χ3n) is 4.79. The van der Waals surface area contributed by atoms with Crippen LogP contribution < -0.4 is 0 Å². The van der Waals surface area contributed by atoms with E-state index in [1.54, 1.807) is 0 Å². The molecule has 0 aromatic heterocycles. The fraction of sp³-hybridized carbons (Fsp3) is 0.318. The van der Waals surface area contributed by atoms with Crippen molar-refractivity contribution in [3.05, 3.63) is 76.3 Å². The standard InChI is InChI=1S/C22H24ClNO/c1-24(2)15-20-14-18(17-6-4-3-5-7-17)13-19(22(20)25)12-16-8-10-21(23)11-9-16/h3-12,18,20H,13-15H2,1-2H3. The second-order valence-corrected chi connectivity index (χ2v) is 7.53. The largest absolute Gasteiger partial charge is 0.309 e. The summed E-state index contributed by atoms with van der Waals surface area (Å²) in [5, 5.41) is 0.713. The molecule has 0 spiro atoms. The molecule has 2 nitrogen and oxygen atoms in total. The van der Waals surface area contributed by atoms with Gasteiger partial charge in [0.15, 0.2) is 5.78 Å². The number of Topliss-reactive ketones (excluding diaryl/α,β-unsaturated/α-hetero) is 1. The maximum Gasteiger partial charge on any atom is 0.163 e. The summed E-state index contributed by atoms with van der Waals surface area (Å²) in [6.45, 7) is 0.792. The smallest absolute Gasteiger partial charge is 0.163 e. The van der Waals surface area contributed by atoms with E-state index < -0.39 is 0 Å². The molecule has 25 heavy (non-hydrogen) atoms. The van der Waals surface area contributed by atoms with Crippen LogP contribution in [0.3, 0.4) is 0 Å². The molecular formula is C22H24ClNO. The van der Waals surface area contributed by atoms with Gasteiger partial charge in [-0.15, -0.1) is 0 Å². The van der Waals surface area contributed by atoms with E-state index in [1.807, 2.05) is 50.5 Å². The Morgan fingerprint density at radius 3 is 2.40 bits per heavy atom. The van der Waals surface area contributed by atoms with Crippen molar-refractivity contribution in [1.29, 1.82) is 0 Å². The van der Waals surface area contributed by atoms with Gasteiger partial charge in [0.1, 0.15) is 0 Å². The average molecular weight is 354 g/mol. The summed E-state index contributed by atoms with van der Waals surface area (Å²) in [5.41, 5.74) is 3.28. The van der Waals surface area contributed by atoms with Gasteiger partial charge >= 0.3 is 0 Å². The van der Waals surface area contributed by atoms with Gasteiger partial charge in [0.25, 0.3) is 0 Å². The van der Waals surface area contributed by atoms with E-state index in [1.165, 1.54) is 5.56 Å². The Kier molecular flexibility index (Phi) is 5.72. The quantitative estimate of drug-likeness (QED) is 0.717. The van der Waals surface area contributed by atoms with Gasteiger partial charge < -0.3 is 4.90 Å². The van der Waals surface area contributed by atoms with E-state index in [0.29, 0.717) is 10.9 Å². The number of benzene rings is 2. The Morgan fingerprint density at radius 2 is 1.76 bits per heavy atom. The molecule has 0 aliphatic heterocycles. The van der Waals surface area contributed by atoms with Gasteiger partial charge in [-0.1, -0.05) is 54.1 Å². The number of halogens is 1. The second-order valence-electron chi connectivity index (χ2n) is 7.09. The second kappa shape index (κ2) is 7.99. The summed E-state index contributed by atoms with van der Waals surface area (Å²) < 4.78 is 0. The van der Waals surface area contributed by atoms with Crippen LogP contribution in [0.4, 0.5) is 0 Å². The van der Waals surface area contributed by atoms with Gasteiger partial charge in [0, 0.05) is 17.5 Å². The van der Waals surface area contributed by atoms with Crippen molar-refractivity contribution in [2.45, 2.75) is 18.8 Å². The fourth-order valence-electron chi connectivity index (χ4n) is 3.63. The Morgan fingerprint density at radius 1 is 1.08 bits per heavy atom. The summed E-state index contributed by atoms with van der Waals surface area (Å²) in [6, 6.07) is 18.2. The molecule has 2 atom stereocenters. The highest BCUT2D eigenvalue weighted by atomic mass is 35.5. The molecule has 2 aromatic carbocycles. The van der Waals surface area contributed by atoms with Crippen LogP contribution in [0.25, 0.3) is 6.08 Å². The molecule has 1 aliphatic rings. The highest BCUT2D eigenvalue weighted by Crippen LogP contribution is 2.38. The molecule has 0 heterocycles. The van der Waals surface area contributed by atoms with Gasteiger partial charge in [0.05, 0.1) is 0 Å². The number of carbonyl (C=O) groups is 1. The highest BCUT2D eigenvalue weighted by molar-refractivity contribution is 6.30. The third kappa shape index (κ3) is 4.59. The van der Waals surface area contributed by atoms with Crippen LogP contribution in [-0.2, 0) is 4.79 Å². The molecule has 1 saturated carbocycles. The lowest BCUT2D eigenvalue weighted by Crippen LogP contribution is -2.34. The van der Waals surface area contributed by atoms with Crippen LogP contribution in [-0.4, -0.2) is 31.3 Å². The zero-order valence-electron chi connectivity index (χ0n) is 14.8. The molecule has 1 fully saturated rings. The Labute approximate surface area is 155 Å². The number of hydrogen-bond donors (Lipinski definition) is 0. The minimum atomic E-state index is 0.0486. The zero-order chi connectivity index (χ0) is 17.8. The van der Waals surface area contributed by atoms with Crippen LogP contribution in [0.5, 0.6) is 0 Å². The van der Waals surface area contributed by atoms with Gasteiger partial charge in [-0.05, 0) is 67.8 Å². The SMILES string of the molecule is CN(C)CC1CC(c2ccccc2)CC(=Cc2ccc(Cl)cc2)C1=O. The minimum absolute atomic E-state index is 0.0486. The zero-order valence-corrected chi connectivity index (χ0v) is 15.5. The lowest BCUT2D eigenvalue weighted by atomic mass is 9.74.